The third kappa shape index (κ3) is 32.8. The van der Waals surface area contributed by atoms with E-state index in [0.717, 1.165) is 29.1 Å². The first-order valence-electron chi connectivity index (χ1n) is 29.0. The minimum absolute atomic E-state index is 0. The van der Waals surface area contributed by atoms with Crippen molar-refractivity contribution in [2.75, 3.05) is 77.5 Å². The Kier molecular flexibility index (Phi) is 34.1. The molecule has 0 aliphatic heterocycles. The minimum Gasteiger partial charge on any atom is -0.466 e. The molecule has 0 radical (unpaired) electrons. The second kappa shape index (κ2) is 44.7. The number of alkyl carbamates (subject to hydrolysis) is 1. The molecule has 0 saturated carbocycles. The Morgan fingerprint density at radius 3 is 1.29 bits per heavy atom. The normalized spacial score (nSPS) is 14.7. The van der Waals surface area contributed by atoms with Gasteiger partial charge in [0, 0.05) is 82.1 Å². The zero-order valence-electron chi connectivity index (χ0n) is 53.9. The van der Waals surface area contributed by atoms with E-state index >= 15 is 0 Å². The third-order valence-electron chi connectivity index (χ3n) is 11.1. The van der Waals surface area contributed by atoms with E-state index in [-0.39, 0.29) is 38.1 Å². The maximum absolute atomic E-state index is 13.7. The maximum Gasteiger partial charge on any atom is 0.408 e. The molecule has 4 atom stereocenters. The summed E-state index contributed by atoms with van der Waals surface area (Å²) in [7, 11) is 0. The molecule has 79 heavy (non-hydrogen) atoms. The molecular formula is C56H74Cl5F2I4N4O8-. The van der Waals surface area contributed by atoms with Gasteiger partial charge in [-0.25, -0.2) is 13.6 Å². The van der Waals surface area contributed by atoms with Crippen molar-refractivity contribution in [1.29, 1.82) is 0 Å². The number of carbonyl (C=O) groups is 5. The summed E-state index contributed by atoms with van der Waals surface area (Å²) in [5.74, 6) is -5.52. The molecule has 4 rings (SSSR count). The molecule has 0 aliphatic carbocycles. The number of ether oxygens (including phenoxy) is 3. The van der Waals surface area contributed by atoms with E-state index in [0.29, 0.717) is 79.6 Å². The van der Waals surface area contributed by atoms with Crippen molar-refractivity contribution in [3.05, 3.63) is 131 Å². The molecule has 0 saturated heterocycles. The number of benzene rings is 4. The van der Waals surface area contributed by atoms with Gasteiger partial charge >= 0.3 is 68.5 Å². The summed E-state index contributed by atoms with van der Waals surface area (Å²) in [5.41, 5.74) is 9.40. The van der Waals surface area contributed by atoms with Crippen LogP contribution in [0.4, 0.5) is 25.0 Å². The molecule has 1 amide bonds. The Labute approximate surface area is 550 Å². The van der Waals surface area contributed by atoms with E-state index in [1.165, 1.54) is 36.4 Å². The summed E-state index contributed by atoms with van der Waals surface area (Å²) in [6.45, 7) is -5.74. The number of amides is 1. The summed E-state index contributed by atoms with van der Waals surface area (Å²) in [6.07, 6.45) is -1.93. The summed E-state index contributed by atoms with van der Waals surface area (Å²) >= 11 is 31.0. The molecule has 23 heteroatoms. The second-order valence-electron chi connectivity index (χ2n) is 17.8. The van der Waals surface area contributed by atoms with Gasteiger partial charge in [0.1, 0.15) is 17.2 Å². The van der Waals surface area contributed by atoms with Gasteiger partial charge in [-0.2, -0.15) is 0 Å². The van der Waals surface area contributed by atoms with Gasteiger partial charge in [0.05, 0.1) is 42.5 Å². The molecule has 0 spiro atoms. The summed E-state index contributed by atoms with van der Waals surface area (Å²) in [5, 5.41) is 2.57. The van der Waals surface area contributed by atoms with E-state index < -0.39 is 110 Å². The van der Waals surface area contributed by atoms with Crippen molar-refractivity contribution in [3.8, 4) is 0 Å². The molecule has 12 nitrogen and oxygen atoms in total. The van der Waals surface area contributed by atoms with Gasteiger partial charge in [0.15, 0.2) is 11.6 Å². The van der Waals surface area contributed by atoms with Crippen LogP contribution in [0, 0.1) is 23.5 Å². The zero-order valence-corrected chi connectivity index (χ0v) is 56.3. The maximum atomic E-state index is 13.7. The van der Waals surface area contributed by atoms with E-state index in [1.807, 2.05) is 51.1 Å². The van der Waals surface area contributed by atoms with Crippen molar-refractivity contribution in [3.63, 3.8) is 0 Å². The minimum atomic E-state index is -3.33. The number of alkyl halides is 5. The van der Waals surface area contributed by atoms with Crippen LogP contribution < -0.4 is 34.1 Å². The van der Waals surface area contributed by atoms with Crippen LogP contribution in [-0.2, 0) is 59.1 Å². The molecule has 4 aromatic rings. The van der Waals surface area contributed by atoms with Crippen molar-refractivity contribution in [2.24, 2.45) is 17.6 Å². The molecule has 4 aromatic carbocycles. The van der Waals surface area contributed by atoms with Gasteiger partial charge in [-0.1, -0.05) is 71.1 Å². The fourth-order valence-electron chi connectivity index (χ4n) is 7.47. The number of rotatable bonds is 29. The fourth-order valence-corrected chi connectivity index (χ4v) is 8.28. The van der Waals surface area contributed by atoms with Crippen molar-refractivity contribution < 1.29 is 73.9 Å². The number of hydrogen-bond donors (Lipinski definition) is 2. The number of carbonyl (C=O) groups excluding carboxylic acids is 5. The Balaban J connectivity index is 0.00000162. The number of hydrogen-bond acceptors (Lipinski definition) is 11. The molecule has 0 heterocycles. The Morgan fingerprint density at radius 1 is 0.620 bits per heavy atom. The number of halogens is 11. The van der Waals surface area contributed by atoms with Crippen LogP contribution >= 0.6 is 119 Å². The molecule has 0 fully saturated rings. The topological polar surface area (TPSA) is 158 Å². The zero-order chi connectivity index (χ0) is 67.2. The van der Waals surface area contributed by atoms with Crippen LogP contribution in [0.5, 0.6) is 0 Å². The number of esters is 2. The van der Waals surface area contributed by atoms with Crippen LogP contribution in [0.25, 0.3) is 0 Å². The first kappa shape index (κ1) is 60.3. The number of ketones is 2. The SMILES string of the molecule is CI.Cl.I[I-]I.[2H]C([2H])([2H])C([2H])([2H])OC(=O)[C@@H](CC(=O)[C@@H](N)Cc1ccc(N(CCCl)CCCl)cc1)Cc1ccc(F)cc1.[2H]C([2H])([2H])C([2H])([2H])OC(=O)[C@@H](CC(=O)[C@H](Cc1ccc(N(CCCl)CCCl)cc1)NC(=O)OC(C)(C)C)Cc1ccc(F)cc1. The molecule has 444 valence electrons. The van der Waals surface area contributed by atoms with Crippen LogP contribution in [0.15, 0.2) is 97.1 Å². The van der Waals surface area contributed by atoms with E-state index in [9.17, 15) is 32.8 Å². The van der Waals surface area contributed by atoms with Gasteiger partial charge in [-0.05, 0) is 136 Å². The number of nitrogens with zero attached hydrogens (tertiary/aromatic N) is 2. The van der Waals surface area contributed by atoms with Gasteiger partial charge < -0.3 is 35.1 Å². The second-order valence-corrected chi connectivity index (χ2v) is 35.5. The summed E-state index contributed by atoms with van der Waals surface area (Å²) in [4.78, 5) is 71.4. The Hall–Kier alpha value is -1.78. The predicted octanol–water partition coefficient (Wildman–Crippen LogP) is 10.5. The number of anilines is 2. The monoisotopic (exact) mass is 1660 g/mol. The first-order valence-corrected chi connectivity index (χ1v) is 40.8. The van der Waals surface area contributed by atoms with Crippen LogP contribution in [0.1, 0.15) is 83.3 Å². The standard InChI is InChI=1S/C30H39Cl2FN2O5.C25H31Cl2FN2O3.CH3I.ClH.I3/c1-5-39-28(37)23(18-21-6-10-24(33)11-7-21)20-27(36)26(34-29(38)40-30(2,3)4)19-22-8-12-25(13-9-22)35(16-14-31)17-15-32;1-2-33-25(32)20(15-18-3-7-21(28)8-4-18)17-24(31)23(29)16-19-5-9-22(10-6-19)30(13-11-26)14-12-27;1-2;;1-3-2/h6-13,23,26H,5,14-20H2,1-4H3,(H,34,38);3-10,20,23H,2,11-17,29H2,1H3;1H3;1H;/q;;;;-1/t23-,26+;20-,23+;;;/m11.../s1/i1D3,5D2;1D3,2D2;;;. The summed E-state index contributed by atoms with van der Waals surface area (Å²) in [6, 6.07) is 22.7. The molecule has 0 unspecified atom stereocenters. The van der Waals surface area contributed by atoms with Crippen LogP contribution in [-0.4, -0.2) is 115 Å². The van der Waals surface area contributed by atoms with E-state index in [4.69, 9.17) is 75.3 Å². The molecule has 3 N–H and O–H groups in total. The molecule has 0 aromatic heterocycles. The number of Topliss-reactive ketones (excluding diaryl/α,β-unsaturated/α-hetero) is 2. The van der Waals surface area contributed by atoms with Gasteiger partial charge in [0.2, 0.25) is 0 Å². The first-order chi connectivity index (χ1) is 41.0. The Morgan fingerprint density at radius 2 is 0.949 bits per heavy atom. The third-order valence-corrected chi connectivity index (χ3v) is 11.7. The fraction of sp³-hybridized carbons (Fsp3) is 0.482. The van der Waals surface area contributed by atoms with E-state index in [1.54, 1.807) is 32.9 Å². The molecular weight excluding hydrogens is 1580 g/mol. The van der Waals surface area contributed by atoms with Gasteiger partial charge in [-0.3, -0.25) is 19.2 Å². The van der Waals surface area contributed by atoms with Crippen molar-refractivity contribution in [1.82, 2.24) is 5.32 Å². The number of nitrogens with two attached hydrogens (primary N) is 1. The average Bonchev–Trinajstić information content (AvgIpc) is 2.81. The predicted molar refractivity (Wildman–Crippen MR) is 344 cm³/mol. The smallest absolute Gasteiger partial charge is 0.408 e. The summed E-state index contributed by atoms with van der Waals surface area (Å²) < 4.78 is 116. The van der Waals surface area contributed by atoms with E-state index in [2.05, 4.69) is 69.9 Å². The largest absolute Gasteiger partial charge is 0.466 e. The quantitative estimate of drug-likeness (QED) is 0.0231. The van der Waals surface area contributed by atoms with Crippen LogP contribution in [0.3, 0.4) is 0 Å². The van der Waals surface area contributed by atoms with Crippen LogP contribution in [0.2, 0.25) is 0 Å². The molecule has 0 bridgehead atoms. The van der Waals surface area contributed by atoms with Crippen molar-refractivity contribution in [2.45, 2.75) is 90.7 Å². The molecule has 0 aliphatic rings. The number of nitrogens with one attached hydrogen (secondary N) is 1. The van der Waals surface area contributed by atoms with Crippen molar-refractivity contribution >= 4 is 160 Å². The van der Waals surface area contributed by atoms with Gasteiger partial charge in [-0.15, -0.1) is 58.8 Å². The Bertz CT molecular complexity index is 2730. The average molecular weight is 1660 g/mol. The van der Waals surface area contributed by atoms with Gasteiger partial charge in [0.25, 0.3) is 0 Å².